The molecule has 136 valence electrons. The quantitative estimate of drug-likeness (QED) is 0.615. The van der Waals surface area contributed by atoms with Crippen LogP contribution in [0.15, 0.2) is 47.4 Å². The molecule has 7 heteroatoms. The van der Waals surface area contributed by atoms with E-state index in [2.05, 4.69) is 10.1 Å². The van der Waals surface area contributed by atoms with Crippen molar-refractivity contribution in [3.05, 3.63) is 59.2 Å². The number of amides is 1. The molecule has 0 aromatic heterocycles. The van der Waals surface area contributed by atoms with Gasteiger partial charge in [-0.2, -0.15) is 0 Å². The maximum Gasteiger partial charge on any atom is 0.339 e. The van der Waals surface area contributed by atoms with Crippen LogP contribution in [-0.2, 0) is 9.47 Å². The van der Waals surface area contributed by atoms with Gasteiger partial charge in [-0.15, -0.1) is 11.8 Å². The molecule has 0 aliphatic rings. The summed E-state index contributed by atoms with van der Waals surface area (Å²) in [6.45, 7) is 1.99. The van der Waals surface area contributed by atoms with Gasteiger partial charge in [0, 0.05) is 4.90 Å². The molecule has 0 heterocycles. The van der Waals surface area contributed by atoms with Crippen LogP contribution in [0.2, 0.25) is 0 Å². The van der Waals surface area contributed by atoms with Crippen molar-refractivity contribution >= 4 is 35.3 Å². The van der Waals surface area contributed by atoms with Crippen LogP contribution in [-0.4, -0.2) is 37.8 Å². The minimum absolute atomic E-state index is 0.147. The summed E-state index contributed by atoms with van der Waals surface area (Å²) in [6, 6.07) is 11.4. The Morgan fingerprint density at radius 3 is 2.31 bits per heavy atom. The maximum absolute atomic E-state index is 12.7. The van der Waals surface area contributed by atoms with E-state index in [1.165, 1.54) is 32.4 Å². The van der Waals surface area contributed by atoms with Gasteiger partial charge in [-0.25, -0.2) is 9.59 Å². The highest BCUT2D eigenvalue weighted by Gasteiger charge is 2.19. The summed E-state index contributed by atoms with van der Waals surface area (Å²) in [5.41, 5.74) is 1.03. The molecule has 0 spiro atoms. The Hall–Kier alpha value is -2.80. The van der Waals surface area contributed by atoms with E-state index in [0.717, 1.165) is 10.6 Å². The van der Waals surface area contributed by atoms with Gasteiger partial charge in [-0.1, -0.05) is 19.1 Å². The van der Waals surface area contributed by atoms with Crippen LogP contribution < -0.4 is 5.32 Å². The lowest BCUT2D eigenvalue weighted by Gasteiger charge is -2.13. The number of hydrogen-bond acceptors (Lipinski definition) is 6. The van der Waals surface area contributed by atoms with Crippen LogP contribution in [0.5, 0.6) is 0 Å². The summed E-state index contributed by atoms with van der Waals surface area (Å²) < 4.78 is 9.43. The van der Waals surface area contributed by atoms with E-state index in [0.29, 0.717) is 5.56 Å². The number of carbonyl (C=O) groups excluding carboxylic acids is 3. The van der Waals surface area contributed by atoms with Gasteiger partial charge in [0.05, 0.1) is 36.6 Å². The number of carbonyl (C=O) groups is 3. The zero-order valence-corrected chi connectivity index (χ0v) is 15.5. The fraction of sp³-hybridized carbons (Fsp3) is 0.211. The van der Waals surface area contributed by atoms with Gasteiger partial charge < -0.3 is 14.8 Å². The number of esters is 2. The average molecular weight is 373 g/mol. The summed E-state index contributed by atoms with van der Waals surface area (Å²) in [5.74, 6) is -0.754. The minimum atomic E-state index is -0.618. The van der Waals surface area contributed by atoms with E-state index >= 15 is 0 Å². The number of hydrogen-bond donors (Lipinski definition) is 1. The zero-order valence-electron chi connectivity index (χ0n) is 14.7. The van der Waals surface area contributed by atoms with Gasteiger partial charge in [0.2, 0.25) is 0 Å². The number of methoxy groups -OCH3 is 2. The van der Waals surface area contributed by atoms with Gasteiger partial charge in [0.25, 0.3) is 5.91 Å². The monoisotopic (exact) mass is 373 g/mol. The molecule has 0 bridgehead atoms. The maximum atomic E-state index is 12.7. The lowest BCUT2D eigenvalue weighted by atomic mass is 10.1. The first-order chi connectivity index (χ1) is 12.5. The normalized spacial score (nSPS) is 10.1. The van der Waals surface area contributed by atoms with E-state index in [1.54, 1.807) is 23.9 Å². The fourth-order valence-electron chi connectivity index (χ4n) is 2.31. The third kappa shape index (κ3) is 4.43. The Kier molecular flexibility index (Phi) is 6.80. The Bertz CT molecular complexity index is 834. The second-order valence-electron chi connectivity index (χ2n) is 5.13. The Labute approximate surface area is 155 Å². The van der Waals surface area contributed by atoms with Gasteiger partial charge in [-0.05, 0) is 36.1 Å². The smallest absolute Gasteiger partial charge is 0.339 e. The summed E-state index contributed by atoms with van der Waals surface area (Å²) in [7, 11) is 2.50. The average Bonchev–Trinajstić information content (AvgIpc) is 2.67. The van der Waals surface area contributed by atoms with Crippen LogP contribution in [0.1, 0.15) is 38.0 Å². The largest absolute Gasteiger partial charge is 0.465 e. The van der Waals surface area contributed by atoms with Crippen molar-refractivity contribution < 1.29 is 23.9 Å². The number of benzene rings is 2. The van der Waals surface area contributed by atoms with Crippen molar-refractivity contribution in [1.82, 2.24) is 0 Å². The molecular weight excluding hydrogens is 354 g/mol. The SMILES string of the molecule is CCSc1ccccc1C(=O)Nc1cc(C(=O)OC)ccc1C(=O)OC. The number of nitrogens with one attached hydrogen (secondary N) is 1. The molecule has 0 aliphatic carbocycles. The van der Waals surface area contributed by atoms with Crippen molar-refractivity contribution in [3.8, 4) is 0 Å². The highest BCUT2D eigenvalue weighted by Crippen LogP contribution is 2.25. The van der Waals surface area contributed by atoms with E-state index in [9.17, 15) is 14.4 Å². The molecule has 0 saturated carbocycles. The number of anilines is 1. The number of ether oxygens (including phenoxy) is 2. The van der Waals surface area contributed by atoms with Gasteiger partial charge in [0.1, 0.15) is 0 Å². The van der Waals surface area contributed by atoms with Gasteiger partial charge >= 0.3 is 11.9 Å². The molecule has 2 aromatic rings. The third-order valence-electron chi connectivity index (χ3n) is 3.53. The molecule has 26 heavy (non-hydrogen) atoms. The summed E-state index contributed by atoms with van der Waals surface area (Å²) >= 11 is 1.54. The first kappa shape index (κ1) is 19.5. The van der Waals surface area contributed by atoms with Gasteiger partial charge in [0.15, 0.2) is 0 Å². The van der Waals surface area contributed by atoms with Crippen molar-refractivity contribution in [2.75, 3.05) is 25.3 Å². The lowest BCUT2D eigenvalue weighted by molar-refractivity contribution is 0.0587. The number of thioether (sulfide) groups is 1. The van der Waals surface area contributed by atoms with Gasteiger partial charge in [-0.3, -0.25) is 4.79 Å². The van der Waals surface area contributed by atoms with Crippen molar-refractivity contribution in [1.29, 1.82) is 0 Å². The predicted octanol–water partition coefficient (Wildman–Crippen LogP) is 3.62. The molecule has 0 unspecified atom stereocenters. The Morgan fingerprint density at radius 2 is 1.65 bits per heavy atom. The second-order valence-corrected chi connectivity index (χ2v) is 6.43. The van der Waals surface area contributed by atoms with E-state index in [1.807, 2.05) is 19.1 Å². The molecular formula is C19H19NO5S. The first-order valence-electron chi connectivity index (χ1n) is 7.85. The molecule has 0 radical (unpaired) electrons. The van der Waals surface area contributed by atoms with Crippen LogP contribution in [0.4, 0.5) is 5.69 Å². The fourth-order valence-corrected chi connectivity index (χ4v) is 3.11. The summed E-state index contributed by atoms with van der Waals surface area (Å²) in [5, 5.41) is 2.70. The topological polar surface area (TPSA) is 81.7 Å². The van der Waals surface area contributed by atoms with Crippen molar-refractivity contribution in [2.24, 2.45) is 0 Å². The Balaban J connectivity index is 2.41. The van der Waals surface area contributed by atoms with E-state index in [-0.39, 0.29) is 22.7 Å². The standard InChI is InChI=1S/C19H19NO5S/c1-4-26-16-8-6-5-7-14(16)17(21)20-15-11-12(18(22)24-2)9-10-13(15)19(23)25-3/h5-11H,4H2,1-3H3,(H,20,21). The van der Waals surface area contributed by atoms with E-state index in [4.69, 9.17) is 4.74 Å². The van der Waals surface area contributed by atoms with Crippen molar-refractivity contribution in [2.45, 2.75) is 11.8 Å². The van der Waals surface area contributed by atoms with Crippen LogP contribution >= 0.6 is 11.8 Å². The Morgan fingerprint density at radius 1 is 0.962 bits per heavy atom. The second kappa shape index (κ2) is 9.05. The minimum Gasteiger partial charge on any atom is -0.465 e. The van der Waals surface area contributed by atoms with Crippen LogP contribution in [0.25, 0.3) is 0 Å². The molecule has 1 amide bonds. The molecule has 1 N–H and O–H groups in total. The molecule has 0 fully saturated rings. The first-order valence-corrected chi connectivity index (χ1v) is 8.84. The van der Waals surface area contributed by atoms with Crippen molar-refractivity contribution in [3.63, 3.8) is 0 Å². The zero-order chi connectivity index (χ0) is 19.1. The molecule has 0 atom stereocenters. The third-order valence-corrected chi connectivity index (χ3v) is 4.48. The number of rotatable bonds is 6. The highest BCUT2D eigenvalue weighted by atomic mass is 32.2. The summed E-state index contributed by atoms with van der Waals surface area (Å²) in [6.07, 6.45) is 0. The molecule has 6 nitrogen and oxygen atoms in total. The van der Waals surface area contributed by atoms with Crippen LogP contribution in [0.3, 0.4) is 0 Å². The summed E-state index contributed by atoms with van der Waals surface area (Å²) in [4.78, 5) is 37.3. The highest BCUT2D eigenvalue weighted by molar-refractivity contribution is 7.99. The molecule has 0 saturated heterocycles. The molecule has 0 aliphatic heterocycles. The lowest BCUT2D eigenvalue weighted by Crippen LogP contribution is -2.17. The van der Waals surface area contributed by atoms with E-state index < -0.39 is 11.9 Å². The molecule has 2 rings (SSSR count). The van der Waals surface area contributed by atoms with Crippen LogP contribution in [0, 0.1) is 0 Å². The predicted molar refractivity (Wildman–Crippen MR) is 99.9 cm³/mol. The molecule has 2 aromatic carbocycles.